The Bertz CT molecular complexity index is 1210. The molecule has 37 heavy (non-hydrogen) atoms. The summed E-state index contributed by atoms with van der Waals surface area (Å²) in [5.41, 5.74) is 4.99. The van der Waals surface area contributed by atoms with Crippen LogP contribution in [-0.2, 0) is 22.6 Å². The monoisotopic (exact) mass is 520 g/mol. The van der Waals surface area contributed by atoms with Crippen molar-refractivity contribution >= 4 is 23.4 Å². The molecule has 0 heterocycles. The molecule has 3 aromatic carbocycles. The Labute approximate surface area is 225 Å². The molecule has 0 spiro atoms. The Morgan fingerprint density at radius 2 is 1.65 bits per heavy atom. The fourth-order valence-corrected chi connectivity index (χ4v) is 4.39. The maximum atomic E-state index is 13.7. The third kappa shape index (κ3) is 8.36. The minimum Gasteiger partial charge on any atom is -0.483 e. The molecule has 1 atom stereocenters. The van der Waals surface area contributed by atoms with E-state index >= 15 is 0 Å². The molecular weight excluding hydrogens is 484 g/mol. The highest BCUT2D eigenvalue weighted by atomic mass is 35.5. The Morgan fingerprint density at radius 1 is 0.946 bits per heavy atom. The minimum atomic E-state index is -0.712. The van der Waals surface area contributed by atoms with Crippen molar-refractivity contribution in [2.45, 2.75) is 53.6 Å². The van der Waals surface area contributed by atoms with E-state index in [1.807, 2.05) is 89.2 Å². The number of nitrogens with one attached hydrogen (secondary N) is 1. The number of rotatable bonds is 11. The molecule has 0 aliphatic rings. The van der Waals surface area contributed by atoms with Crippen LogP contribution in [0.4, 0.5) is 0 Å². The van der Waals surface area contributed by atoms with Crippen molar-refractivity contribution in [3.8, 4) is 5.75 Å². The highest BCUT2D eigenvalue weighted by molar-refractivity contribution is 6.30. The van der Waals surface area contributed by atoms with E-state index in [1.54, 1.807) is 11.0 Å². The number of carbonyl (C=O) groups excluding carboxylic acids is 2. The van der Waals surface area contributed by atoms with Crippen LogP contribution in [0.1, 0.15) is 41.7 Å². The van der Waals surface area contributed by atoms with Gasteiger partial charge >= 0.3 is 0 Å². The van der Waals surface area contributed by atoms with E-state index in [-0.39, 0.29) is 30.9 Å². The van der Waals surface area contributed by atoms with Gasteiger partial charge < -0.3 is 15.0 Å². The minimum absolute atomic E-state index is 0.174. The number of benzene rings is 3. The summed E-state index contributed by atoms with van der Waals surface area (Å²) in [7, 11) is 0. The quantitative estimate of drug-likeness (QED) is 0.334. The summed E-state index contributed by atoms with van der Waals surface area (Å²) in [6, 6.07) is 20.4. The summed E-state index contributed by atoms with van der Waals surface area (Å²) in [6.07, 6.45) is 0.389. The van der Waals surface area contributed by atoms with E-state index in [1.165, 1.54) is 0 Å². The van der Waals surface area contributed by atoms with Crippen LogP contribution in [-0.4, -0.2) is 35.9 Å². The van der Waals surface area contributed by atoms with Gasteiger partial charge in [0.25, 0.3) is 5.91 Å². The molecule has 0 saturated carbocycles. The summed E-state index contributed by atoms with van der Waals surface area (Å²) < 4.78 is 6.03. The largest absolute Gasteiger partial charge is 0.483 e. The molecule has 0 aliphatic carbocycles. The molecule has 196 valence electrons. The number of carbonyl (C=O) groups is 2. The number of aryl methyl sites for hydroxylation is 2. The van der Waals surface area contributed by atoms with Crippen molar-refractivity contribution in [2.75, 3.05) is 13.2 Å². The molecule has 0 saturated heterocycles. The van der Waals surface area contributed by atoms with Crippen molar-refractivity contribution in [1.29, 1.82) is 0 Å². The fourth-order valence-electron chi connectivity index (χ4n) is 4.18. The van der Waals surface area contributed by atoms with E-state index in [4.69, 9.17) is 16.3 Å². The predicted molar refractivity (Wildman–Crippen MR) is 150 cm³/mol. The van der Waals surface area contributed by atoms with Crippen molar-refractivity contribution < 1.29 is 14.3 Å². The second-order valence-electron chi connectivity index (χ2n) is 9.99. The third-order valence-electron chi connectivity index (χ3n) is 6.31. The third-order valence-corrected chi connectivity index (χ3v) is 6.55. The summed E-state index contributed by atoms with van der Waals surface area (Å²) in [5, 5.41) is 3.61. The lowest BCUT2D eigenvalue weighted by atomic mass is 10.0. The second-order valence-corrected chi connectivity index (χ2v) is 10.4. The summed E-state index contributed by atoms with van der Waals surface area (Å²) in [6.45, 7) is 10.7. The first-order chi connectivity index (χ1) is 17.6. The second kappa shape index (κ2) is 13.3. The average molecular weight is 521 g/mol. The fraction of sp³-hybridized carbons (Fsp3) is 0.355. The first-order valence-corrected chi connectivity index (χ1v) is 13.1. The Kier molecular flexibility index (Phi) is 10.2. The van der Waals surface area contributed by atoms with Crippen LogP contribution in [0.25, 0.3) is 0 Å². The van der Waals surface area contributed by atoms with E-state index in [9.17, 15) is 9.59 Å². The molecule has 0 radical (unpaired) electrons. The van der Waals surface area contributed by atoms with Crippen molar-refractivity contribution in [3.63, 3.8) is 0 Å². The number of ether oxygens (including phenoxy) is 1. The maximum Gasteiger partial charge on any atom is 0.261 e. The molecule has 1 N–H and O–H groups in total. The van der Waals surface area contributed by atoms with Crippen molar-refractivity contribution in [1.82, 2.24) is 10.2 Å². The molecule has 5 nitrogen and oxygen atoms in total. The van der Waals surface area contributed by atoms with Gasteiger partial charge in [-0.3, -0.25) is 9.59 Å². The van der Waals surface area contributed by atoms with E-state index in [0.29, 0.717) is 23.7 Å². The van der Waals surface area contributed by atoms with Crippen LogP contribution in [0.5, 0.6) is 5.75 Å². The lowest BCUT2D eigenvalue weighted by Gasteiger charge is -2.32. The van der Waals surface area contributed by atoms with Gasteiger partial charge in [-0.2, -0.15) is 0 Å². The summed E-state index contributed by atoms with van der Waals surface area (Å²) in [4.78, 5) is 28.9. The van der Waals surface area contributed by atoms with Gasteiger partial charge in [0.05, 0.1) is 0 Å². The Balaban J connectivity index is 1.93. The Hall–Kier alpha value is -3.31. The number of nitrogens with zero attached hydrogens (tertiary/aromatic N) is 1. The van der Waals surface area contributed by atoms with Crippen LogP contribution in [0.15, 0.2) is 66.7 Å². The van der Waals surface area contributed by atoms with Crippen LogP contribution < -0.4 is 10.1 Å². The number of amides is 2. The normalized spacial score (nSPS) is 11.8. The van der Waals surface area contributed by atoms with E-state index < -0.39 is 6.04 Å². The van der Waals surface area contributed by atoms with E-state index in [2.05, 4.69) is 11.4 Å². The highest BCUT2D eigenvalue weighted by Crippen LogP contribution is 2.24. The summed E-state index contributed by atoms with van der Waals surface area (Å²) >= 11 is 6.25. The number of halogens is 1. The van der Waals surface area contributed by atoms with Gasteiger partial charge in [0.15, 0.2) is 6.61 Å². The SMILES string of the molecule is Cc1cc(C)c(C)c(OCC(=O)N(Cc2cccc(Cl)c2)C(Cc2ccccc2)C(=O)NCC(C)C)c1. The first-order valence-electron chi connectivity index (χ1n) is 12.7. The molecule has 3 aromatic rings. The van der Waals surface area contributed by atoms with Gasteiger partial charge in [0.1, 0.15) is 11.8 Å². The maximum absolute atomic E-state index is 13.7. The lowest BCUT2D eigenvalue weighted by Crippen LogP contribution is -2.52. The summed E-state index contributed by atoms with van der Waals surface area (Å²) in [5.74, 6) is 0.515. The van der Waals surface area contributed by atoms with Gasteiger partial charge in [0, 0.05) is 24.5 Å². The zero-order valence-electron chi connectivity index (χ0n) is 22.4. The predicted octanol–water partition coefficient (Wildman–Crippen LogP) is 6.06. The molecule has 0 fully saturated rings. The molecule has 0 aliphatic heterocycles. The van der Waals surface area contributed by atoms with Crippen LogP contribution in [0, 0.1) is 26.7 Å². The molecule has 0 bridgehead atoms. The van der Waals surface area contributed by atoms with Crippen molar-refractivity contribution in [2.24, 2.45) is 5.92 Å². The smallest absolute Gasteiger partial charge is 0.261 e. The van der Waals surface area contributed by atoms with E-state index in [0.717, 1.165) is 27.8 Å². The van der Waals surface area contributed by atoms with Gasteiger partial charge in [-0.25, -0.2) is 0 Å². The first kappa shape index (κ1) is 28.3. The van der Waals surface area contributed by atoms with Crippen LogP contribution in [0.2, 0.25) is 5.02 Å². The van der Waals surface area contributed by atoms with Gasteiger partial charge in [-0.1, -0.05) is 74.0 Å². The van der Waals surface area contributed by atoms with Gasteiger partial charge in [0.2, 0.25) is 5.91 Å². The number of hydrogen-bond donors (Lipinski definition) is 1. The zero-order valence-corrected chi connectivity index (χ0v) is 23.1. The lowest BCUT2D eigenvalue weighted by molar-refractivity contribution is -0.142. The molecule has 0 aromatic heterocycles. The van der Waals surface area contributed by atoms with Crippen molar-refractivity contribution in [3.05, 3.63) is 99.6 Å². The molecule has 2 amide bonds. The molecule has 1 unspecified atom stereocenters. The van der Waals surface area contributed by atoms with Gasteiger partial charge in [-0.05, 0) is 72.7 Å². The Morgan fingerprint density at radius 3 is 2.32 bits per heavy atom. The highest BCUT2D eigenvalue weighted by Gasteiger charge is 2.31. The van der Waals surface area contributed by atoms with Gasteiger partial charge in [-0.15, -0.1) is 0 Å². The molecule has 6 heteroatoms. The topological polar surface area (TPSA) is 58.6 Å². The van der Waals surface area contributed by atoms with Crippen LogP contribution in [0.3, 0.4) is 0 Å². The molecule has 3 rings (SSSR count). The van der Waals surface area contributed by atoms with Crippen LogP contribution >= 0.6 is 11.6 Å². The standard InChI is InChI=1S/C31H37ClN2O3/c1-21(2)18-33-31(36)28(17-25-10-7-6-8-11-25)34(19-26-12-9-13-27(32)16-26)30(35)20-37-29-15-22(3)14-23(4)24(29)5/h6-16,21,28H,17-20H2,1-5H3,(H,33,36). The average Bonchev–Trinajstić information content (AvgIpc) is 2.86. The molecular formula is C31H37ClN2O3. The number of hydrogen-bond acceptors (Lipinski definition) is 3. The zero-order chi connectivity index (χ0) is 26.9.